The number of hydrogen-bond acceptors (Lipinski definition) is 3. The molecule has 0 unspecified atom stereocenters. The molecule has 0 aromatic carbocycles. The summed E-state index contributed by atoms with van der Waals surface area (Å²) in [6.45, 7) is 0.482. The summed E-state index contributed by atoms with van der Waals surface area (Å²) in [5.41, 5.74) is 0.650. The van der Waals surface area contributed by atoms with Gasteiger partial charge < -0.3 is 4.74 Å². The van der Waals surface area contributed by atoms with Gasteiger partial charge in [-0.1, -0.05) is 6.92 Å². The third kappa shape index (κ3) is 3.59. The molecular formula is C8H9F3N2O. The van der Waals surface area contributed by atoms with Crippen molar-refractivity contribution in [3.8, 4) is 6.01 Å². The minimum absolute atomic E-state index is 0.235. The third-order valence-corrected chi connectivity index (χ3v) is 1.42. The maximum atomic E-state index is 11.7. The first-order valence-corrected chi connectivity index (χ1v) is 4.02. The highest BCUT2D eigenvalue weighted by atomic mass is 19.4. The highest BCUT2D eigenvalue weighted by molar-refractivity contribution is 5.05. The molecular weight excluding hydrogens is 197 g/mol. The fourth-order valence-electron chi connectivity index (χ4n) is 0.789. The van der Waals surface area contributed by atoms with Crippen LogP contribution < -0.4 is 4.74 Å². The van der Waals surface area contributed by atoms with Crippen LogP contribution in [0, 0.1) is 0 Å². The molecule has 0 fully saturated rings. The number of aromatic nitrogens is 2. The lowest BCUT2D eigenvalue weighted by Gasteiger charge is -2.07. The summed E-state index contributed by atoms with van der Waals surface area (Å²) in [5.74, 6) is 0. The van der Waals surface area contributed by atoms with Gasteiger partial charge in [-0.05, 0) is 12.5 Å². The van der Waals surface area contributed by atoms with Crippen LogP contribution in [0.3, 0.4) is 0 Å². The van der Waals surface area contributed by atoms with Crippen molar-refractivity contribution in [1.29, 1.82) is 0 Å². The Morgan fingerprint density at radius 1 is 1.43 bits per heavy atom. The SMILES string of the molecule is CCc1ccnc(OCC(F)(F)F)n1. The quantitative estimate of drug-likeness (QED) is 0.758. The number of aryl methyl sites for hydroxylation is 1. The van der Waals surface area contributed by atoms with Gasteiger partial charge in [-0.2, -0.15) is 13.2 Å². The molecule has 0 amide bonds. The molecule has 0 aliphatic carbocycles. The molecule has 6 heteroatoms. The van der Waals surface area contributed by atoms with E-state index in [0.29, 0.717) is 12.1 Å². The van der Waals surface area contributed by atoms with E-state index >= 15 is 0 Å². The van der Waals surface area contributed by atoms with Crippen molar-refractivity contribution in [2.24, 2.45) is 0 Å². The molecule has 1 aromatic heterocycles. The fourth-order valence-corrected chi connectivity index (χ4v) is 0.789. The van der Waals surface area contributed by atoms with Crippen molar-refractivity contribution in [1.82, 2.24) is 9.97 Å². The van der Waals surface area contributed by atoms with Gasteiger partial charge in [-0.25, -0.2) is 9.97 Å². The molecule has 14 heavy (non-hydrogen) atoms. The zero-order valence-electron chi connectivity index (χ0n) is 7.51. The number of ether oxygens (including phenoxy) is 1. The molecule has 1 heterocycles. The average Bonchev–Trinajstić information content (AvgIpc) is 2.14. The van der Waals surface area contributed by atoms with Crippen molar-refractivity contribution in [3.63, 3.8) is 0 Å². The minimum Gasteiger partial charge on any atom is -0.454 e. The van der Waals surface area contributed by atoms with E-state index in [2.05, 4.69) is 14.7 Å². The fraction of sp³-hybridized carbons (Fsp3) is 0.500. The van der Waals surface area contributed by atoms with E-state index in [9.17, 15) is 13.2 Å². The summed E-state index contributed by atoms with van der Waals surface area (Å²) >= 11 is 0. The van der Waals surface area contributed by atoms with Gasteiger partial charge >= 0.3 is 12.2 Å². The van der Waals surface area contributed by atoms with E-state index in [0.717, 1.165) is 0 Å². The first-order valence-electron chi connectivity index (χ1n) is 4.02. The van der Waals surface area contributed by atoms with Crippen molar-refractivity contribution >= 4 is 0 Å². The lowest BCUT2D eigenvalue weighted by molar-refractivity contribution is -0.154. The lowest BCUT2D eigenvalue weighted by Crippen LogP contribution is -2.20. The van der Waals surface area contributed by atoms with Crippen LogP contribution in [0.1, 0.15) is 12.6 Å². The molecule has 0 bridgehead atoms. The first kappa shape index (κ1) is 10.7. The molecule has 1 aromatic rings. The third-order valence-electron chi connectivity index (χ3n) is 1.42. The highest BCUT2D eigenvalue weighted by Gasteiger charge is 2.28. The van der Waals surface area contributed by atoms with E-state index < -0.39 is 12.8 Å². The normalized spacial score (nSPS) is 11.4. The van der Waals surface area contributed by atoms with Gasteiger partial charge in [0.25, 0.3) is 0 Å². The maximum Gasteiger partial charge on any atom is 0.422 e. The Balaban J connectivity index is 2.59. The predicted molar refractivity (Wildman–Crippen MR) is 43.0 cm³/mol. The van der Waals surface area contributed by atoms with Gasteiger partial charge in [0.15, 0.2) is 6.61 Å². The number of rotatable bonds is 3. The first-order chi connectivity index (χ1) is 6.51. The van der Waals surface area contributed by atoms with Gasteiger partial charge in [-0.15, -0.1) is 0 Å². The Labute approximate surface area is 78.9 Å². The molecule has 0 aliphatic heterocycles. The second kappa shape index (κ2) is 4.26. The molecule has 0 spiro atoms. The summed E-state index contributed by atoms with van der Waals surface area (Å²) < 4.78 is 39.6. The van der Waals surface area contributed by atoms with Crippen molar-refractivity contribution in [3.05, 3.63) is 18.0 Å². The molecule has 1 rings (SSSR count). The second-order valence-corrected chi connectivity index (χ2v) is 2.59. The van der Waals surface area contributed by atoms with Gasteiger partial charge in [0.2, 0.25) is 0 Å². The molecule has 0 aliphatic rings. The van der Waals surface area contributed by atoms with Gasteiger partial charge in [0, 0.05) is 11.9 Å². The van der Waals surface area contributed by atoms with Crippen LogP contribution in [0.15, 0.2) is 12.3 Å². The van der Waals surface area contributed by atoms with Crippen LogP contribution in [0.2, 0.25) is 0 Å². The number of halogens is 3. The molecule has 0 saturated carbocycles. The summed E-state index contributed by atoms with van der Waals surface area (Å²) in [7, 11) is 0. The molecule has 3 nitrogen and oxygen atoms in total. The molecule has 78 valence electrons. The number of nitrogens with zero attached hydrogens (tertiary/aromatic N) is 2. The molecule has 0 saturated heterocycles. The summed E-state index contributed by atoms with van der Waals surface area (Å²) in [6, 6.07) is 1.39. The summed E-state index contributed by atoms with van der Waals surface area (Å²) in [4.78, 5) is 7.32. The Kier molecular flexibility index (Phi) is 3.27. The molecule has 0 atom stereocenters. The monoisotopic (exact) mass is 206 g/mol. The van der Waals surface area contributed by atoms with Crippen LogP contribution in [-0.2, 0) is 6.42 Å². The molecule has 0 radical (unpaired) electrons. The number of hydrogen-bond donors (Lipinski definition) is 0. The predicted octanol–water partition coefficient (Wildman–Crippen LogP) is 1.98. The minimum atomic E-state index is -4.36. The van der Waals surface area contributed by atoms with Crippen LogP contribution in [0.25, 0.3) is 0 Å². The van der Waals surface area contributed by atoms with Crippen molar-refractivity contribution < 1.29 is 17.9 Å². The van der Waals surface area contributed by atoms with Gasteiger partial charge in [0.05, 0.1) is 0 Å². The summed E-state index contributed by atoms with van der Waals surface area (Å²) in [6.07, 6.45) is -2.35. The zero-order chi connectivity index (χ0) is 10.6. The second-order valence-electron chi connectivity index (χ2n) is 2.59. The maximum absolute atomic E-state index is 11.7. The lowest BCUT2D eigenvalue weighted by atomic mass is 10.3. The van der Waals surface area contributed by atoms with Crippen LogP contribution in [-0.4, -0.2) is 22.8 Å². The van der Waals surface area contributed by atoms with E-state index in [4.69, 9.17) is 0 Å². The largest absolute Gasteiger partial charge is 0.454 e. The van der Waals surface area contributed by atoms with Gasteiger partial charge in [0.1, 0.15) is 0 Å². The number of alkyl halides is 3. The van der Waals surface area contributed by atoms with Crippen LogP contribution in [0.5, 0.6) is 6.01 Å². The molecule has 0 N–H and O–H groups in total. The average molecular weight is 206 g/mol. The van der Waals surface area contributed by atoms with Crippen LogP contribution >= 0.6 is 0 Å². The van der Waals surface area contributed by atoms with Crippen molar-refractivity contribution in [2.45, 2.75) is 19.5 Å². The Bertz CT molecular complexity index is 301. The van der Waals surface area contributed by atoms with Gasteiger partial charge in [-0.3, -0.25) is 0 Å². The van der Waals surface area contributed by atoms with Crippen LogP contribution in [0.4, 0.5) is 13.2 Å². The standard InChI is InChI=1S/C8H9F3N2O/c1-2-6-3-4-12-7(13-6)14-5-8(9,10)11/h3-4H,2,5H2,1H3. The smallest absolute Gasteiger partial charge is 0.422 e. The Hall–Kier alpha value is -1.33. The highest BCUT2D eigenvalue weighted by Crippen LogP contribution is 2.15. The Morgan fingerprint density at radius 3 is 2.71 bits per heavy atom. The van der Waals surface area contributed by atoms with E-state index in [1.165, 1.54) is 6.20 Å². The van der Waals surface area contributed by atoms with Crippen molar-refractivity contribution in [2.75, 3.05) is 6.61 Å². The topological polar surface area (TPSA) is 35.0 Å². The Morgan fingerprint density at radius 2 is 2.14 bits per heavy atom. The summed E-state index contributed by atoms with van der Waals surface area (Å²) in [5, 5.41) is 0. The van der Waals surface area contributed by atoms with E-state index in [-0.39, 0.29) is 6.01 Å². The zero-order valence-corrected chi connectivity index (χ0v) is 7.51. The van der Waals surface area contributed by atoms with E-state index in [1.807, 2.05) is 6.92 Å². The van der Waals surface area contributed by atoms with E-state index in [1.54, 1.807) is 6.07 Å².